The first-order valence-electron chi connectivity index (χ1n) is 7.38. The van der Waals surface area contributed by atoms with E-state index in [9.17, 15) is 0 Å². The monoisotopic (exact) mass is 379 g/mol. The Morgan fingerprint density at radius 3 is 2.25 bits per heavy atom. The summed E-state index contributed by atoms with van der Waals surface area (Å²) in [4.78, 5) is 0. The molecule has 0 aromatic heterocycles. The van der Waals surface area contributed by atoms with E-state index in [4.69, 9.17) is 14.7 Å². The number of halogens is 1. The summed E-state index contributed by atoms with van der Waals surface area (Å²) in [6, 6.07) is 24.6. The second kappa shape index (κ2) is 7.67. The smallest absolute Gasteiger partial charge is 0.131 e. The van der Waals surface area contributed by atoms with E-state index in [1.807, 2.05) is 48.5 Å². The molecule has 0 radical (unpaired) electrons. The van der Waals surface area contributed by atoms with Gasteiger partial charge in [-0.3, -0.25) is 0 Å². The Kier molecular flexibility index (Phi) is 5.15. The van der Waals surface area contributed by atoms with Crippen LogP contribution >= 0.6 is 15.9 Å². The highest BCUT2D eigenvalue weighted by molar-refractivity contribution is 9.10. The van der Waals surface area contributed by atoms with Gasteiger partial charge in [0, 0.05) is 10.5 Å². The molecule has 4 heteroatoms. The van der Waals surface area contributed by atoms with Crippen molar-refractivity contribution in [3.05, 3.63) is 88.4 Å². The first-order valence-corrected chi connectivity index (χ1v) is 8.17. The molecule has 0 aliphatic heterocycles. The third kappa shape index (κ3) is 4.37. The lowest BCUT2D eigenvalue weighted by Crippen LogP contribution is -1.95. The molecule has 3 aromatic carbocycles. The Morgan fingerprint density at radius 1 is 0.833 bits per heavy atom. The minimum absolute atomic E-state index is 0.494. The molecular formula is C20H14BrNO2. The molecule has 3 aromatic rings. The lowest BCUT2D eigenvalue weighted by molar-refractivity contribution is 0.304. The molecule has 0 aliphatic rings. The standard InChI is InChI=1S/C20H14BrNO2/c21-17-8-4-16(5-9-17)14-23-19-2-1-3-20(12-19)24-18-10-6-15(13-22)7-11-18/h1-12H,14H2. The minimum atomic E-state index is 0.494. The van der Waals surface area contributed by atoms with Crippen molar-refractivity contribution >= 4 is 15.9 Å². The largest absolute Gasteiger partial charge is 0.489 e. The molecule has 0 aliphatic carbocycles. The van der Waals surface area contributed by atoms with E-state index in [2.05, 4.69) is 22.0 Å². The molecule has 118 valence electrons. The van der Waals surface area contributed by atoms with Crippen molar-refractivity contribution in [1.82, 2.24) is 0 Å². The average molecular weight is 380 g/mol. The SMILES string of the molecule is N#Cc1ccc(Oc2cccc(OCc3ccc(Br)cc3)c2)cc1. The predicted octanol–water partition coefficient (Wildman–Crippen LogP) is 5.69. The van der Waals surface area contributed by atoms with Gasteiger partial charge in [0.1, 0.15) is 23.9 Å². The maximum atomic E-state index is 8.81. The minimum Gasteiger partial charge on any atom is -0.489 e. The third-order valence-electron chi connectivity index (χ3n) is 3.34. The summed E-state index contributed by atoms with van der Waals surface area (Å²) < 4.78 is 12.6. The molecule has 0 atom stereocenters. The van der Waals surface area contributed by atoms with Crippen LogP contribution in [-0.4, -0.2) is 0 Å². The zero-order valence-corrected chi connectivity index (χ0v) is 14.4. The van der Waals surface area contributed by atoms with E-state index in [0.29, 0.717) is 23.7 Å². The molecule has 0 fully saturated rings. The molecule has 0 saturated heterocycles. The van der Waals surface area contributed by atoms with Gasteiger partial charge >= 0.3 is 0 Å². The Balaban J connectivity index is 1.65. The van der Waals surface area contributed by atoms with Gasteiger partial charge < -0.3 is 9.47 Å². The van der Waals surface area contributed by atoms with Gasteiger partial charge in [-0.1, -0.05) is 34.1 Å². The highest BCUT2D eigenvalue weighted by atomic mass is 79.9. The van der Waals surface area contributed by atoms with Crippen LogP contribution in [0.1, 0.15) is 11.1 Å². The van der Waals surface area contributed by atoms with Crippen LogP contribution in [0.5, 0.6) is 17.2 Å². The molecule has 0 heterocycles. The molecule has 0 amide bonds. The lowest BCUT2D eigenvalue weighted by atomic mass is 10.2. The van der Waals surface area contributed by atoms with Crippen molar-refractivity contribution in [3.63, 3.8) is 0 Å². The Morgan fingerprint density at radius 2 is 1.54 bits per heavy atom. The van der Waals surface area contributed by atoms with Gasteiger partial charge in [0.25, 0.3) is 0 Å². The van der Waals surface area contributed by atoms with Crippen LogP contribution in [0, 0.1) is 11.3 Å². The number of hydrogen-bond acceptors (Lipinski definition) is 3. The van der Waals surface area contributed by atoms with Crippen molar-refractivity contribution in [2.45, 2.75) is 6.61 Å². The van der Waals surface area contributed by atoms with Crippen molar-refractivity contribution < 1.29 is 9.47 Å². The van der Waals surface area contributed by atoms with E-state index in [0.717, 1.165) is 15.8 Å². The fourth-order valence-electron chi connectivity index (χ4n) is 2.11. The molecule has 0 saturated carbocycles. The van der Waals surface area contributed by atoms with Gasteiger partial charge in [-0.2, -0.15) is 5.26 Å². The van der Waals surface area contributed by atoms with Crippen LogP contribution in [0.2, 0.25) is 0 Å². The fraction of sp³-hybridized carbons (Fsp3) is 0.0500. The van der Waals surface area contributed by atoms with Gasteiger partial charge in [0.15, 0.2) is 0 Å². The maximum absolute atomic E-state index is 8.81. The zero-order valence-electron chi connectivity index (χ0n) is 12.8. The summed E-state index contributed by atoms with van der Waals surface area (Å²) >= 11 is 3.42. The van der Waals surface area contributed by atoms with Crippen molar-refractivity contribution in [3.8, 4) is 23.3 Å². The zero-order chi connectivity index (χ0) is 16.8. The lowest BCUT2D eigenvalue weighted by Gasteiger charge is -2.09. The molecule has 0 bridgehead atoms. The predicted molar refractivity (Wildman–Crippen MR) is 96.1 cm³/mol. The van der Waals surface area contributed by atoms with Crippen LogP contribution in [0.15, 0.2) is 77.3 Å². The molecule has 0 spiro atoms. The summed E-state index contributed by atoms with van der Waals surface area (Å²) in [7, 11) is 0. The summed E-state index contributed by atoms with van der Waals surface area (Å²) in [5, 5.41) is 8.81. The summed E-state index contributed by atoms with van der Waals surface area (Å²) in [6.45, 7) is 0.494. The molecule has 3 nitrogen and oxygen atoms in total. The topological polar surface area (TPSA) is 42.2 Å². The number of nitriles is 1. The average Bonchev–Trinajstić information content (AvgIpc) is 2.62. The highest BCUT2D eigenvalue weighted by Crippen LogP contribution is 2.26. The van der Waals surface area contributed by atoms with Gasteiger partial charge in [0.05, 0.1) is 11.6 Å². The van der Waals surface area contributed by atoms with Gasteiger partial charge in [-0.15, -0.1) is 0 Å². The molecule has 24 heavy (non-hydrogen) atoms. The van der Waals surface area contributed by atoms with E-state index < -0.39 is 0 Å². The van der Waals surface area contributed by atoms with Gasteiger partial charge in [-0.25, -0.2) is 0 Å². The summed E-state index contributed by atoms with van der Waals surface area (Å²) in [5.74, 6) is 2.11. The summed E-state index contributed by atoms with van der Waals surface area (Å²) in [5.41, 5.74) is 1.70. The summed E-state index contributed by atoms with van der Waals surface area (Å²) in [6.07, 6.45) is 0. The van der Waals surface area contributed by atoms with Crippen LogP contribution < -0.4 is 9.47 Å². The van der Waals surface area contributed by atoms with Crippen LogP contribution in [-0.2, 0) is 6.61 Å². The van der Waals surface area contributed by atoms with Crippen LogP contribution in [0.25, 0.3) is 0 Å². The van der Waals surface area contributed by atoms with E-state index in [1.165, 1.54) is 0 Å². The molecular weight excluding hydrogens is 366 g/mol. The molecule has 3 rings (SSSR count). The van der Waals surface area contributed by atoms with Crippen LogP contribution in [0.4, 0.5) is 0 Å². The van der Waals surface area contributed by atoms with Gasteiger partial charge in [0.2, 0.25) is 0 Å². The maximum Gasteiger partial charge on any atom is 0.131 e. The quantitative estimate of drug-likeness (QED) is 0.571. The Bertz CT molecular complexity index is 852. The second-order valence-corrected chi connectivity index (χ2v) is 6.04. The number of ether oxygens (including phenoxy) is 2. The molecule has 0 N–H and O–H groups in total. The van der Waals surface area contributed by atoms with Gasteiger partial charge in [-0.05, 0) is 54.1 Å². The van der Waals surface area contributed by atoms with Crippen molar-refractivity contribution in [2.75, 3.05) is 0 Å². The first kappa shape index (κ1) is 16.1. The highest BCUT2D eigenvalue weighted by Gasteiger charge is 2.01. The fourth-order valence-corrected chi connectivity index (χ4v) is 2.37. The van der Waals surface area contributed by atoms with Crippen molar-refractivity contribution in [2.24, 2.45) is 0 Å². The van der Waals surface area contributed by atoms with E-state index in [1.54, 1.807) is 24.3 Å². The molecule has 0 unspecified atom stereocenters. The number of rotatable bonds is 5. The number of nitrogens with zero attached hydrogens (tertiary/aromatic N) is 1. The van der Waals surface area contributed by atoms with Crippen molar-refractivity contribution in [1.29, 1.82) is 5.26 Å². The Labute approximate surface area is 149 Å². The second-order valence-electron chi connectivity index (χ2n) is 5.13. The Hall–Kier alpha value is -2.77. The van der Waals surface area contributed by atoms with E-state index >= 15 is 0 Å². The first-order chi connectivity index (χ1) is 11.7. The van der Waals surface area contributed by atoms with E-state index in [-0.39, 0.29) is 0 Å². The van der Waals surface area contributed by atoms with Crippen LogP contribution in [0.3, 0.4) is 0 Å². The number of benzene rings is 3. The normalized spacial score (nSPS) is 10.0. The number of hydrogen-bond donors (Lipinski definition) is 0. The third-order valence-corrected chi connectivity index (χ3v) is 3.87.